The molecule has 0 bridgehead atoms. The Hall–Kier alpha value is -0.920. The van der Waals surface area contributed by atoms with Crippen molar-refractivity contribution in [3.8, 4) is 0 Å². The third kappa shape index (κ3) is 4.48. The van der Waals surface area contributed by atoms with E-state index in [9.17, 15) is 0 Å². The Kier molecular flexibility index (Phi) is 3.72. The van der Waals surface area contributed by atoms with Crippen LogP contribution >= 0.6 is 0 Å². The Morgan fingerprint density at radius 1 is 1.36 bits per heavy atom. The number of allylic oxidation sites excluding steroid dienone is 2. The largest absolute Gasteiger partial charge is 0.159 e. The van der Waals surface area contributed by atoms with Gasteiger partial charge in [0.1, 0.15) is 0 Å². The molecule has 0 aromatic heterocycles. The van der Waals surface area contributed by atoms with Gasteiger partial charge in [-0.15, -0.1) is 0 Å². The third-order valence-electron chi connectivity index (χ3n) is 1.26. The highest BCUT2D eigenvalue weighted by Crippen LogP contribution is 2.24. The first-order chi connectivity index (χ1) is 4.98. The van der Waals surface area contributed by atoms with Gasteiger partial charge in [-0.2, -0.15) is 10.2 Å². The fourth-order valence-electron chi connectivity index (χ4n) is 0.320. The fourth-order valence-corrected chi connectivity index (χ4v) is 0.320. The fraction of sp³-hybridized carbons (Fsp3) is 0.556. The van der Waals surface area contributed by atoms with Gasteiger partial charge in [-0.25, -0.2) is 0 Å². The first kappa shape index (κ1) is 10.1. The summed E-state index contributed by atoms with van der Waals surface area (Å²) in [7, 11) is 0. The van der Waals surface area contributed by atoms with E-state index in [4.69, 9.17) is 0 Å². The van der Waals surface area contributed by atoms with Crippen LogP contribution in [0.3, 0.4) is 0 Å². The lowest BCUT2D eigenvalue weighted by Gasteiger charge is -2.15. The van der Waals surface area contributed by atoms with Crippen molar-refractivity contribution in [2.24, 2.45) is 15.6 Å². The zero-order chi connectivity index (χ0) is 8.91. The van der Waals surface area contributed by atoms with Crippen LogP contribution in [0.15, 0.2) is 34.8 Å². The van der Waals surface area contributed by atoms with Gasteiger partial charge in [0.15, 0.2) is 0 Å². The zero-order valence-corrected chi connectivity index (χ0v) is 7.76. The van der Waals surface area contributed by atoms with Gasteiger partial charge in [0.2, 0.25) is 0 Å². The van der Waals surface area contributed by atoms with Gasteiger partial charge in [-0.05, 0) is 6.92 Å². The van der Waals surface area contributed by atoms with Crippen molar-refractivity contribution in [3.63, 3.8) is 0 Å². The molecule has 2 nitrogen and oxygen atoms in total. The summed E-state index contributed by atoms with van der Waals surface area (Å²) in [6.07, 6.45) is 3.48. The number of azo groups is 1. The molecule has 0 aromatic carbocycles. The van der Waals surface area contributed by atoms with Gasteiger partial charge in [0.25, 0.3) is 0 Å². The normalized spacial score (nSPS) is 13.1. The van der Waals surface area contributed by atoms with Crippen molar-refractivity contribution < 1.29 is 0 Å². The third-order valence-corrected chi connectivity index (χ3v) is 1.26. The second-order valence-corrected chi connectivity index (χ2v) is 3.39. The van der Waals surface area contributed by atoms with Crippen LogP contribution in [-0.2, 0) is 0 Å². The lowest BCUT2D eigenvalue weighted by atomic mass is 9.94. The quantitative estimate of drug-likeness (QED) is 0.541. The Morgan fingerprint density at radius 2 is 1.91 bits per heavy atom. The molecule has 0 aliphatic heterocycles. The molecule has 2 heteroatoms. The van der Waals surface area contributed by atoms with Crippen LogP contribution in [0, 0.1) is 5.41 Å². The molecular formula is C9H16N2. The van der Waals surface area contributed by atoms with Crippen LogP contribution in [-0.4, -0.2) is 0 Å². The summed E-state index contributed by atoms with van der Waals surface area (Å²) in [5.41, 5.74) is 0.820. The summed E-state index contributed by atoms with van der Waals surface area (Å²) < 4.78 is 0. The van der Waals surface area contributed by atoms with E-state index in [0.29, 0.717) is 0 Å². The van der Waals surface area contributed by atoms with E-state index in [1.807, 2.05) is 13.0 Å². The van der Waals surface area contributed by atoms with Crippen molar-refractivity contribution >= 4 is 0 Å². The Balaban J connectivity index is 4.08. The maximum Gasteiger partial charge on any atom is 0.0612 e. The summed E-state index contributed by atoms with van der Waals surface area (Å²) in [6, 6.07) is 0. The molecule has 0 amide bonds. The molecule has 0 N–H and O–H groups in total. The molecule has 0 unspecified atom stereocenters. The lowest BCUT2D eigenvalue weighted by Crippen LogP contribution is -2.05. The minimum atomic E-state index is 0.0189. The molecule has 0 rings (SSSR count). The van der Waals surface area contributed by atoms with Gasteiger partial charge in [0.05, 0.1) is 5.70 Å². The second kappa shape index (κ2) is 4.06. The Morgan fingerprint density at radius 3 is 2.27 bits per heavy atom. The van der Waals surface area contributed by atoms with Gasteiger partial charge >= 0.3 is 0 Å². The van der Waals surface area contributed by atoms with E-state index < -0.39 is 0 Å². The molecule has 0 radical (unpaired) electrons. The van der Waals surface area contributed by atoms with Crippen molar-refractivity contribution in [1.82, 2.24) is 0 Å². The Bertz CT molecular complexity index is 182. The summed E-state index contributed by atoms with van der Waals surface area (Å²) in [5, 5.41) is 7.73. The first-order valence-corrected chi connectivity index (χ1v) is 3.70. The van der Waals surface area contributed by atoms with Crippen molar-refractivity contribution in [1.29, 1.82) is 0 Å². The molecule has 0 saturated carbocycles. The van der Waals surface area contributed by atoms with Crippen LogP contribution in [0.4, 0.5) is 0 Å². The topological polar surface area (TPSA) is 24.7 Å². The highest BCUT2D eigenvalue weighted by atomic mass is 15.1. The first-order valence-electron chi connectivity index (χ1n) is 3.70. The van der Waals surface area contributed by atoms with Gasteiger partial charge < -0.3 is 0 Å². The lowest BCUT2D eigenvalue weighted by molar-refractivity contribution is 0.494. The van der Waals surface area contributed by atoms with E-state index >= 15 is 0 Å². The average molecular weight is 152 g/mol. The Labute approximate surface area is 68.7 Å². The summed E-state index contributed by atoms with van der Waals surface area (Å²) >= 11 is 0. The highest BCUT2D eigenvalue weighted by molar-refractivity contribution is 5.01. The van der Waals surface area contributed by atoms with Crippen molar-refractivity contribution in [2.75, 3.05) is 0 Å². The van der Waals surface area contributed by atoms with Crippen LogP contribution in [0.5, 0.6) is 0 Å². The van der Waals surface area contributed by atoms with Crippen LogP contribution in [0.2, 0.25) is 0 Å². The summed E-state index contributed by atoms with van der Waals surface area (Å²) in [5.74, 6) is 0. The maximum atomic E-state index is 3.93. The molecule has 0 aliphatic rings. The standard InChI is InChI=1S/C9H16N2/c1-6-7-10-11-8(2)9(3,4)5/h6-7H,2H2,1,3-5H3/b7-6-,11-10?. The van der Waals surface area contributed by atoms with Crippen LogP contribution < -0.4 is 0 Å². The summed E-state index contributed by atoms with van der Waals surface area (Å²) in [6.45, 7) is 11.9. The predicted octanol–water partition coefficient (Wildman–Crippen LogP) is 3.53. The highest BCUT2D eigenvalue weighted by Gasteiger charge is 2.13. The molecule has 0 saturated heterocycles. The summed E-state index contributed by atoms with van der Waals surface area (Å²) in [4.78, 5) is 0. The van der Waals surface area contributed by atoms with Gasteiger partial charge in [0, 0.05) is 11.6 Å². The molecule has 11 heavy (non-hydrogen) atoms. The van der Waals surface area contributed by atoms with E-state index in [1.165, 1.54) is 0 Å². The van der Waals surface area contributed by atoms with E-state index in [0.717, 1.165) is 5.70 Å². The number of rotatable bonds is 2. The molecule has 0 fully saturated rings. The zero-order valence-electron chi connectivity index (χ0n) is 7.76. The predicted molar refractivity (Wildman–Crippen MR) is 48.3 cm³/mol. The average Bonchev–Trinajstić information content (AvgIpc) is 1.86. The number of hydrogen-bond acceptors (Lipinski definition) is 2. The van der Waals surface area contributed by atoms with Crippen molar-refractivity contribution in [2.45, 2.75) is 27.7 Å². The van der Waals surface area contributed by atoms with Crippen molar-refractivity contribution in [3.05, 3.63) is 24.6 Å². The minimum Gasteiger partial charge on any atom is -0.159 e. The minimum absolute atomic E-state index is 0.0189. The molecule has 0 aliphatic carbocycles. The maximum absolute atomic E-state index is 3.93. The molecule has 0 spiro atoms. The van der Waals surface area contributed by atoms with Gasteiger partial charge in [-0.1, -0.05) is 33.4 Å². The number of nitrogens with zero attached hydrogens (tertiary/aromatic N) is 2. The molecule has 0 aromatic rings. The molecule has 0 heterocycles. The van der Waals surface area contributed by atoms with Crippen LogP contribution in [0.1, 0.15) is 27.7 Å². The smallest absolute Gasteiger partial charge is 0.0612 e. The molecule has 0 atom stereocenters. The monoisotopic (exact) mass is 152 g/mol. The van der Waals surface area contributed by atoms with Crippen LogP contribution in [0.25, 0.3) is 0 Å². The molecule has 62 valence electrons. The number of hydrogen-bond donors (Lipinski definition) is 0. The van der Waals surface area contributed by atoms with Gasteiger partial charge in [-0.3, -0.25) is 0 Å². The van der Waals surface area contributed by atoms with E-state index in [-0.39, 0.29) is 5.41 Å². The second-order valence-electron chi connectivity index (χ2n) is 3.39. The van der Waals surface area contributed by atoms with E-state index in [1.54, 1.807) is 6.20 Å². The SMILES string of the molecule is C=C(N=N/C=C\C)C(C)(C)C. The molecular weight excluding hydrogens is 136 g/mol. The van der Waals surface area contributed by atoms with E-state index in [2.05, 4.69) is 37.6 Å².